The number of nitrogens with zero attached hydrogens (tertiary/aromatic N) is 4. The third kappa shape index (κ3) is 10.4. The second-order valence-corrected chi connectivity index (χ2v) is 35.6. The highest BCUT2D eigenvalue weighted by atomic mass is 15.1. The number of hydrogen-bond acceptors (Lipinski definition) is 2. The summed E-state index contributed by atoms with van der Waals surface area (Å²) in [6.07, 6.45) is 0. The van der Waals surface area contributed by atoms with E-state index in [4.69, 9.17) is 0 Å². The van der Waals surface area contributed by atoms with E-state index < -0.39 is 0 Å². The fourth-order valence-electron chi connectivity index (χ4n) is 16.5. The quantitative estimate of drug-likeness (QED) is 0.151. The van der Waals surface area contributed by atoms with Crippen LogP contribution in [0.5, 0.6) is 0 Å². The molecule has 0 atom stereocenters. The fraction of sp³-hybridized carbons (Fsp3) is 0.245. The lowest BCUT2D eigenvalue weighted by molar-refractivity contribution is 0.590. The molecule has 0 aliphatic rings. The maximum Gasteiger partial charge on any atom is 0.0634 e. The summed E-state index contributed by atoms with van der Waals surface area (Å²) in [5.41, 5.74) is 26.3. The first-order valence-electron chi connectivity index (χ1n) is 36.9. The Kier molecular flexibility index (Phi) is 14.3. The van der Waals surface area contributed by atoms with Crippen molar-refractivity contribution in [3.63, 3.8) is 0 Å². The molecule has 0 N–H and O–H groups in total. The number of rotatable bonds is 8. The van der Waals surface area contributed by atoms with Crippen molar-refractivity contribution in [3.05, 3.63) is 276 Å². The summed E-state index contributed by atoms with van der Waals surface area (Å²) >= 11 is 0. The van der Waals surface area contributed by atoms with E-state index in [9.17, 15) is 0 Å². The highest BCUT2D eigenvalue weighted by Crippen LogP contribution is 2.57. The van der Waals surface area contributed by atoms with Gasteiger partial charge in [0.05, 0.1) is 33.1 Å². The summed E-state index contributed by atoms with van der Waals surface area (Å²) in [5, 5.41) is 15.1. The Morgan fingerprint density at radius 1 is 0.216 bits per heavy atom. The molecule has 0 aliphatic heterocycles. The SMILES string of the molecule is CC(C)(C)c1ccc(N(c2ccc(-c3c4c5cc(C(C)(C)C)cc6c7cc(C(C)(C)C)ccc7n(c4c(-c4ccc(N(c7ccc(C(C)(C)C)cc7)c7ccc8ccccc8c7)cc4)c4c7cc(C(C)(C)C)cc8c9cc(C(C)(C)C)ccc9n(c34)c87)c65)cc2)c2ccc3ccccc3c2)cc1. The zero-order valence-electron chi connectivity index (χ0n) is 62.9. The largest absolute Gasteiger partial charge is 0.310 e. The van der Waals surface area contributed by atoms with Crippen LogP contribution in [0.2, 0.25) is 0 Å². The normalized spacial score (nSPS) is 13.2. The molecule has 0 spiro atoms. The van der Waals surface area contributed by atoms with Crippen molar-refractivity contribution < 1.29 is 0 Å². The minimum absolute atomic E-state index is 0.00643. The number of aromatic nitrogens is 2. The standard InChI is InChI=1S/C98H94N4/c1-93(2,3)65-33-45-73(46-34-65)99(75-43-27-59-23-19-21-25-63(59)51-75)71-39-29-61(30-40-71)85-87-81-57-69(97(13,14)15)55-79-78-54-68(96(10,11)12)38-50-84(78)102(89(79)81)92(87)86(88-82-58-70(98(16,17)18)56-80-77-53-67(95(7,8)9)37-49-83(77)101(90(80)82)91(85)88)62-31-41-72(42-32-62)100(74-47-35-66(36-48-74)94(4,5)6)76-44-28-60-24-20-22-26-64(60)52-76/h19-58H,1-18H3. The molecule has 4 heteroatoms. The number of anilines is 6. The summed E-state index contributed by atoms with van der Waals surface area (Å²) in [7, 11) is 0. The van der Waals surface area contributed by atoms with Crippen molar-refractivity contribution in [3.8, 4) is 22.3 Å². The molecular formula is C98H94N4. The van der Waals surface area contributed by atoms with Crippen molar-refractivity contribution in [2.45, 2.75) is 157 Å². The third-order valence-corrected chi connectivity index (χ3v) is 22.4. The topological polar surface area (TPSA) is 15.3 Å². The van der Waals surface area contributed by atoms with Crippen LogP contribution >= 0.6 is 0 Å². The van der Waals surface area contributed by atoms with E-state index in [-0.39, 0.29) is 32.5 Å². The van der Waals surface area contributed by atoms with Crippen LogP contribution in [0.25, 0.3) is 120 Å². The maximum absolute atomic E-state index is 2.71. The first kappa shape index (κ1) is 64.9. The van der Waals surface area contributed by atoms with E-state index in [1.165, 1.54) is 153 Å². The van der Waals surface area contributed by atoms with Gasteiger partial charge in [-0.1, -0.05) is 246 Å². The second-order valence-electron chi connectivity index (χ2n) is 35.6. The minimum Gasteiger partial charge on any atom is -0.310 e. The van der Waals surface area contributed by atoms with E-state index in [1.54, 1.807) is 0 Å². The van der Waals surface area contributed by atoms with E-state index in [2.05, 4.69) is 386 Å². The molecule has 102 heavy (non-hydrogen) atoms. The molecule has 0 fully saturated rings. The summed E-state index contributed by atoms with van der Waals surface area (Å²) < 4.78 is 5.42. The van der Waals surface area contributed by atoms with Gasteiger partial charge in [0.25, 0.3) is 0 Å². The molecule has 13 aromatic carbocycles. The zero-order valence-corrected chi connectivity index (χ0v) is 62.9. The van der Waals surface area contributed by atoms with Gasteiger partial charge >= 0.3 is 0 Å². The summed E-state index contributed by atoms with van der Waals surface area (Å²) in [6.45, 7) is 42.2. The monoisotopic (exact) mass is 1330 g/mol. The summed E-state index contributed by atoms with van der Waals surface area (Å²) in [5.74, 6) is 0. The van der Waals surface area contributed by atoms with Gasteiger partial charge in [-0.2, -0.15) is 0 Å². The van der Waals surface area contributed by atoms with E-state index in [1.807, 2.05) is 0 Å². The highest BCUT2D eigenvalue weighted by Gasteiger charge is 2.35. The highest BCUT2D eigenvalue weighted by molar-refractivity contribution is 6.38. The van der Waals surface area contributed by atoms with Gasteiger partial charge in [0.15, 0.2) is 0 Å². The molecule has 506 valence electrons. The molecule has 0 unspecified atom stereocenters. The molecule has 0 saturated heterocycles. The van der Waals surface area contributed by atoms with Crippen molar-refractivity contribution in [1.29, 1.82) is 0 Å². The molecule has 17 aromatic rings. The molecule has 4 aromatic heterocycles. The first-order chi connectivity index (χ1) is 48.4. The second kappa shape index (κ2) is 22.5. The first-order valence-corrected chi connectivity index (χ1v) is 36.9. The molecule has 4 nitrogen and oxygen atoms in total. The predicted octanol–water partition coefficient (Wildman–Crippen LogP) is 28.4. The van der Waals surface area contributed by atoms with Gasteiger partial charge < -0.3 is 18.6 Å². The average Bonchev–Trinajstić information content (AvgIpc) is 1.49. The van der Waals surface area contributed by atoms with Crippen molar-refractivity contribution in [1.82, 2.24) is 8.80 Å². The van der Waals surface area contributed by atoms with Crippen LogP contribution in [-0.4, -0.2) is 8.80 Å². The molecule has 17 rings (SSSR count). The fourth-order valence-corrected chi connectivity index (χ4v) is 16.5. The van der Waals surface area contributed by atoms with Gasteiger partial charge in [-0.15, -0.1) is 0 Å². The molecule has 0 aliphatic carbocycles. The van der Waals surface area contributed by atoms with Crippen LogP contribution < -0.4 is 9.80 Å². The summed E-state index contributed by atoms with van der Waals surface area (Å²) in [4.78, 5) is 4.90. The molecule has 4 heterocycles. The van der Waals surface area contributed by atoms with Gasteiger partial charge in [-0.3, -0.25) is 0 Å². The van der Waals surface area contributed by atoms with Crippen molar-refractivity contribution >= 4 is 132 Å². The van der Waals surface area contributed by atoms with Crippen LogP contribution in [0.4, 0.5) is 34.1 Å². The Bertz CT molecular complexity index is 5810. The van der Waals surface area contributed by atoms with Crippen molar-refractivity contribution in [2.24, 2.45) is 0 Å². The molecule has 0 amide bonds. The Balaban J connectivity index is 1.03. The van der Waals surface area contributed by atoms with Gasteiger partial charge in [0.1, 0.15) is 0 Å². The van der Waals surface area contributed by atoms with Crippen LogP contribution in [0.3, 0.4) is 0 Å². The lowest BCUT2D eigenvalue weighted by Crippen LogP contribution is -2.13. The Morgan fingerprint density at radius 2 is 0.490 bits per heavy atom. The Morgan fingerprint density at radius 3 is 0.814 bits per heavy atom. The maximum atomic E-state index is 2.71. The van der Waals surface area contributed by atoms with E-state index in [0.717, 1.165) is 34.1 Å². The van der Waals surface area contributed by atoms with Gasteiger partial charge in [0.2, 0.25) is 0 Å². The molecule has 0 saturated carbocycles. The third-order valence-electron chi connectivity index (χ3n) is 22.4. The lowest BCUT2D eigenvalue weighted by atomic mass is 9.82. The van der Waals surface area contributed by atoms with E-state index in [0.29, 0.717) is 0 Å². The molecule has 0 radical (unpaired) electrons. The lowest BCUT2D eigenvalue weighted by Gasteiger charge is -2.27. The van der Waals surface area contributed by atoms with Crippen LogP contribution in [0.15, 0.2) is 243 Å². The Labute approximate surface area is 602 Å². The zero-order chi connectivity index (χ0) is 71.2. The predicted molar refractivity (Wildman–Crippen MR) is 443 cm³/mol. The van der Waals surface area contributed by atoms with Gasteiger partial charge in [0, 0.05) is 88.3 Å². The molecular weight excluding hydrogens is 1230 g/mol. The van der Waals surface area contributed by atoms with Gasteiger partial charge in [-0.05, 0) is 220 Å². The number of benzene rings is 13. The van der Waals surface area contributed by atoms with Gasteiger partial charge in [-0.25, -0.2) is 0 Å². The van der Waals surface area contributed by atoms with Crippen LogP contribution in [-0.2, 0) is 32.5 Å². The van der Waals surface area contributed by atoms with Crippen LogP contribution in [0.1, 0.15) is 158 Å². The molecule has 0 bridgehead atoms. The van der Waals surface area contributed by atoms with Crippen LogP contribution in [0, 0.1) is 0 Å². The smallest absolute Gasteiger partial charge is 0.0634 e. The average molecular weight is 1330 g/mol. The number of fused-ring (bicyclic) bond motifs is 14. The summed E-state index contributed by atoms with van der Waals surface area (Å²) in [6, 6.07) is 94.1. The van der Waals surface area contributed by atoms with E-state index >= 15 is 0 Å². The number of hydrogen-bond donors (Lipinski definition) is 0. The minimum atomic E-state index is -0.171. The van der Waals surface area contributed by atoms with Crippen molar-refractivity contribution in [2.75, 3.05) is 9.80 Å². The Hall–Kier alpha value is -10.4.